The summed E-state index contributed by atoms with van der Waals surface area (Å²) in [6.45, 7) is 0. The van der Waals surface area contributed by atoms with E-state index in [9.17, 15) is 0 Å². The van der Waals surface area contributed by atoms with Gasteiger partial charge in [0.2, 0.25) is 0 Å². The summed E-state index contributed by atoms with van der Waals surface area (Å²) in [7, 11) is 0. The topological polar surface area (TPSA) is 25.6 Å². The minimum absolute atomic E-state index is 0.0288. The third kappa shape index (κ3) is 3.00. The van der Waals surface area contributed by atoms with E-state index in [1.807, 2.05) is 30.3 Å². The van der Waals surface area contributed by atoms with Crippen molar-refractivity contribution >= 4 is 5.69 Å². The molecular formula is C25H21NO2. The molecule has 28 heavy (non-hydrogen) atoms. The molecule has 1 fully saturated rings. The van der Waals surface area contributed by atoms with Gasteiger partial charge in [-0.15, -0.1) is 0 Å². The molecule has 1 aliphatic rings. The van der Waals surface area contributed by atoms with Gasteiger partial charge < -0.3 is 14.1 Å². The van der Waals surface area contributed by atoms with E-state index in [-0.39, 0.29) is 18.4 Å². The Morgan fingerprint density at radius 2 is 1.21 bits per heavy atom. The summed E-state index contributed by atoms with van der Waals surface area (Å²) in [6.07, 6.45) is 1.29. The van der Waals surface area contributed by atoms with Gasteiger partial charge in [-0.25, -0.2) is 0 Å². The van der Waals surface area contributed by atoms with E-state index in [0.717, 1.165) is 17.0 Å². The summed E-state index contributed by atoms with van der Waals surface area (Å²) in [5, 5.41) is 0. The number of hydrogen-bond donors (Lipinski definition) is 0. The zero-order chi connectivity index (χ0) is 18.8. The summed E-state index contributed by atoms with van der Waals surface area (Å²) in [4.78, 5) is 2.33. The van der Waals surface area contributed by atoms with Gasteiger partial charge in [-0.2, -0.15) is 0 Å². The molecular weight excluding hydrogens is 346 g/mol. The molecule has 1 saturated heterocycles. The number of furan rings is 1. The maximum Gasteiger partial charge on any atom is 0.190 e. The molecule has 1 aliphatic heterocycles. The van der Waals surface area contributed by atoms with E-state index >= 15 is 0 Å². The maximum absolute atomic E-state index is 6.66. The highest BCUT2D eigenvalue weighted by atomic mass is 16.5. The highest BCUT2D eigenvalue weighted by Gasteiger charge is 2.45. The normalized spacial score (nSPS) is 21.7. The lowest BCUT2D eigenvalue weighted by Crippen LogP contribution is -2.27. The Bertz CT molecular complexity index is 1000. The zero-order valence-corrected chi connectivity index (χ0v) is 15.4. The first-order valence-electron chi connectivity index (χ1n) is 9.54. The number of anilines is 1. The molecule has 138 valence electrons. The molecule has 3 aromatic carbocycles. The fraction of sp³-hybridized carbons (Fsp3) is 0.120. The fourth-order valence-electron chi connectivity index (χ4n) is 3.99. The number of para-hydroxylation sites is 1. The number of rotatable bonds is 4. The summed E-state index contributed by atoms with van der Waals surface area (Å²) in [6, 6.07) is 35.3. The van der Waals surface area contributed by atoms with Crippen LogP contribution in [0.2, 0.25) is 0 Å². The van der Waals surface area contributed by atoms with E-state index in [1.54, 1.807) is 6.26 Å². The van der Waals surface area contributed by atoms with Crippen LogP contribution in [0.25, 0.3) is 0 Å². The van der Waals surface area contributed by atoms with Crippen LogP contribution in [-0.4, -0.2) is 0 Å². The molecule has 0 radical (unpaired) electrons. The Morgan fingerprint density at radius 3 is 1.82 bits per heavy atom. The lowest BCUT2D eigenvalue weighted by molar-refractivity contribution is 0.0287. The third-order valence-electron chi connectivity index (χ3n) is 5.22. The molecule has 0 N–H and O–H groups in total. The largest absolute Gasteiger partial charge is 0.465 e. The van der Waals surface area contributed by atoms with Crippen LogP contribution in [-0.2, 0) is 4.74 Å². The molecule has 0 saturated carbocycles. The van der Waals surface area contributed by atoms with Crippen LogP contribution in [0.4, 0.5) is 5.69 Å². The van der Waals surface area contributed by atoms with Gasteiger partial charge in [0.25, 0.3) is 0 Å². The first kappa shape index (κ1) is 16.8. The van der Waals surface area contributed by atoms with Crippen LogP contribution in [0.5, 0.6) is 0 Å². The average molecular weight is 367 g/mol. The van der Waals surface area contributed by atoms with Crippen LogP contribution >= 0.6 is 0 Å². The zero-order valence-electron chi connectivity index (χ0n) is 15.4. The van der Waals surface area contributed by atoms with Gasteiger partial charge in [0, 0.05) is 5.69 Å². The second-order valence-corrected chi connectivity index (χ2v) is 6.93. The summed E-state index contributed by atoms with van der Waals surface area (Å²) >= 11 is 0. The van der Waals surface area contributed by atoms with Crippen molar-refractivity contribution < 1.29 is 9.15 Å². The Morgan fingerprint density at radius 1 is 0.607 bits per heavy atom. The molecule has 3 heteroatoms. The van der Waals surface area contributed by atoms with Crippen molar-refractivity contribution in [2.45, 2.75) is 18.4 Å². The van der Waals surface area contributed by atoms with E-state index < -0.39 is 0 Å². The third-order valence-corrected chi connectivity index (χ3v) is 5.22. The molecule has 3 unspecified atom stereocenters. The summed E-state index contributed by atoms with van der Waals surface area (Å²) < 4.78 is 12.4. The molecule has 4 aromatic rings. The van der Waals surface area contributed by atoms with Crippen molar-refractivity contribution in [3.05, 3.63) is 126 Å². The van der Waals surface area contributed by atoms with Gasteiger partial charge in [0.15, 0.2) is 12.0 Å². The van der Waals surface area contributed by atoms with E-state index in [0.29, 0.717) is 0 Å². The van der Waals surface area contributed by atoms with E-state index in [4.69, 9.17) is 9.15 Å². The van der Waals surface area contributed by atoms with Crippen LogP contribution in [0.3, 0.4) is 0 Å². The lowest BCUT2D eigenvalue weighted by Gasteiger charge is -2.31. The number of hydrogen-bond acceptors (Lipinski definition) is 3. The van der Waals surface area contributed by atoms with Crippen LogP contribution in [0.15, 0.2) is 114 Å². The Hall–Kier alpha value is -3.30. The second-order valence-electron chi connectivity index (χ2n) is 6.93. The first-order chi connectivity index (χ1) is 13.9. The Balaban J connectivity index is 1.68. The SMILES string of the molecule is c1ccc(C2OC(c3ccco3)N(c3ccccc3)C2c2ccccc2)cc1. The minimum atomic E-state index is -0.298. The Kier molecular flexibility index (Phi) is 4.43. The molecule has 0 aliphatic carbocycles. The Labute approximate surface area is 164 Å². The molecule has 0 amide bonds. The second kappa shape index (κ2) is 7.37. The first-order valence-corrected chi connectivity index (χ1v) is 9.54. The smallest absolute Gasteiger partial charge is 0.190 e. The molecule has 1 aromatic heterocycles. The van der Waals surface area contributed by atoms with Crippen molar-refractivity contribution in [2.75, 3.05) is 4.90 Å². The highest BCUT2D eigenvalue weighted by molar-refractivity contribution is 5.52. The van der Waals surface area contributed by atoms with Crippen molar-refractivity contribution in [3.8, 4) is 0 Å². The van der Waals surface area contributed by atoms with Gasteiger partial charge >= 0.3 is 0 Å². The van der Waals surface area contributed by atoms with Gasteiger partial charge in [0.1, 0.15) is 6.10 Å². The monoisotopic (exact) mass is 367 g/mol. The van der Waals surface area contributed by atoms with Crippen molar-refractivity contribution in [3.63, 3.8) is 0 Å². The highest BCUT2D eigenvalue weighted by Crippen LogP contribution is 2.52. The van der Waals surface area contributed by atoms with Gasteiger partial charge in [-0.05, 0) is 35.4 Å². The van der Waals surface area contributed by atoms with Crippen molar-refractivity contribution in [1.82, 2.24) is 0 Å². The minimum Gasteiger partial charge on any atom is -0.465 e. The van der Waals surface area contributed by atoms with Gasteiger partial charge in [0.05, 0.1) is 12.3 Å². The maximum atomic E-state index is 6.66. The lowest BCUT2D eigenvalue weighted by atomic mass is 9.95. The number of nitrogens with zero attached hydrogens (tertiary/aromatic N) is 1. The molecule has 3 atom stereocenters. The van der Waals surface area contributed by atoms with Gasteiger partial charge in [-0.1, -0.05) is 78.9 Å². The molecule has 0 spiro atoms. The number of ether oxygens (including phenoxy) is 1. The molecule has 2 heterocycles. The molecule has 0 bridgehead atoms. The predicted molar refractivity (Wildman–Crippen MR) is 110 cm³/mol. The summed E-state index contributed by atoms with van der Waals surface area (Å²) in [5.74, 6) is 0.809. The molecule has 3 nitrogen and oxygen atoms in total. The average Bonchev–Trinajstić information content (AvgIpc) is 3.43. The molecule has 5 rings (SSSR count). The van der Waals surface area contributed by atoms with Crippen molar-refractivity contribution in [2.24, 2.45) is 0 Å². The predicted octanol–water partition coefficient (Wildman–Crippen LogP) is 6.30. The van der Waals surface area contributed by atoms with E-state index in [1.165, 1.54) is 5.56 Å². The van der Waals surface area contributed by atoms with Crippen LogP contribution in [0.1, 0.15) is 35.3 Å². The fourth-order valence-corrected chi connectivity index (χ4v) is 3.99. The number of benzene rings is 3. The van der Waals surface area contributed by atoms with Crippen LogP contribution < -0.4 is 4.90 Å². The quantitative estimate of drug-likeness (QED) is 0.423. The summed E-state index contributed by atoms with van der Waals surface area (Å²) in [5.41, 5.74) is 3.48. The van der Waals surface area contributed by atoms with Crippen molar-refractivity contribution in [1.29, 1.82) is 0 Å². The standard InChI is InChI=1S/C25H21NO2/c1-4-11-19(12-5-1)23-24(20-13-6-2-7-14-20)28-25(22-17-10-18-27-22)26(23)21-15-8-3-9-16-21/h1-18,23-25H. The van der Waals surface area contributed by atoms with Crippen LogP contribution in [0, 0.1) is 0 Å². The van der Waals surface area contributed by atoms with Gasteiger partial charge in [-0.3, -0.25) is 0 Å². The van der Waals surface area contributed by atoms with E-state index in [2.05, 4.69) is 77.7 Å².